The van der Waals surface area contributed by atoms with Crippen molar-refractivity contribution in [3.8, 4) is 17.2 Å². The molecule has 1 aliphatic heterocycles. The third kappa shape index (κ3) is 5.14. The second-order valence-corrected chi connectivity index (χ2v) is 11.5. The normalized spacial score (nSPS) is 27.9. The van der Waals surface area contributed by atoms with Crippen molar-refractivity contribution in [2.24, 2.45) is 0 Å². The van der Waals surface area contributed by atoms with Crippen LogP contribution in [0.2, 0.25) is 0 Å². The number of ketones is 3. The van der Waals surface area contributed by atoms with Crippen LogP contribution < -0.4 is 15.4 Å². The first kappa shape index (κ1) is 30.8. The van der Waals surface area contributed by atoms with Crippen molar-refractivity contribution in [2.45, 2.75) is 76.3 Å². The van der Waals surface area contributed by atoms with E-state index in [2.05, 4.69) is 10.6 Å². The molecule has 0 bridgehead atoms. The Bertz CT molecular complexity index is 1530. The van der Waals surface area contributed by atoms with Crippen molar-refractivity contribution in [1.29, 1.82) is 0 Å². The van der Waals surface area contributed by atoms with Crippen molar-refractivity contribution < 1.29 is 49.0 Å². The van der Waals surface area contributed by atoms with Crippen LogP contribution in [0.5, 0.6) is 17.2 Å². The number of nitrogens with one attached hydrogen (secondary N) is 2. The summed E-state index contributed by atoms with van der Waals surface area (Å²) in [5.41, 5.74) is -3.10. The molecule has 1 fully saturated rings. The molecular weight excluding hydrogens is 580 g/mol. The van der Waals surface area contributed by atoms with Gasteiger partial charge < -0.3 is 45.3 Å². The Morgan fingerprint density at radius 3 is 2.51 bits per heavy atom. The van der Waals surface area contributed by atoms with Crippen molar-refractivity contribution in [3.63, 3.8) is 0 Å². The lowest BCUT2D eigenvalue weighted by molar-refractivity contribution is -0.248. The second kappa shape index (κ2) is 11.5. The molecule has 2 aromatic carbocycles. The van der Waals surface area contributed by atoms with Gasteiger partial charge in [0.05, 0.1) is 42.0 Å². The molecule has 0 saturated carbocycles. The van der Waals surface area contributed by atoms with Gasteiger partial charge in [-0.2, -0.15) is 0 Å². The molecule has 230 valence electrons. The van der Waals surface area contributed by atoms with Gasteiger partial charge in [-0.1, -0.05) is 12.1 Å². The van der Waals surface area contributed by atoms with Crippen LogP contribution in [0.4, 0.5) is 0 Å². The molecule has 0 spiro atoms. The third-order valence-electron chi connectivity index (χ3n) is 8.41. The molecule has 1 heterocycles. The fourth-order valence-electron chi connectivity index (χ4n) is 6.15. The van der Waals surface area contributed by atoms with E-state index in [1.165, 1.54) is 32.2 Å². The number of hydrogen-bond acceptors (Lipinski definition) is 11. The van der Waals surface area contributed by atoms with E-state index in [1.807, 2.05) is 6.92 Å². The fourth-order valence-corrected chi connectivity index (χ4v) is 6.44. The number of rotatable bonds is 6. The van der Waals surface area contributed by atoms with E-state index in [0.29, 0.717) is 11.7 Å². The van der Waals surface area contributed by atoms with Gasteiger partial charge in [0.1, 0.15) is 29.0 Å². The molecule has 3 aliphatic rings. The number of phenols is 2. The predicted octanol–water partition coefficient (Wildman–Crippen LogP) is 1.55. The number of ether oxygens (including phenoxy) is 3. The van der Waals surface area contributed by atoms with Crippen molar-refractivity contribution in [3.05, 3.63) is 51.6 Å². The summed E-state index contributed by atoms with van der Waals surface area (Å²) >= 11 is 5.28. The maximum absolute atomic E-state index is 13.8. The minimum Gasteiger partial charge on any atom is -0.507 e. The highest BCUT2D eigenvalue weighted by molar-refractivity contribution is 7.80. The average Bonchev–Trinajstić information content (AvgIpc) is 2.95. The van der Waals surface area contributed by atoms with Gasteiger partial charge in [0.25, 0.3) is 0 Å². The minimum atomic E-state index is -2.03. The first-order valence-corrected chi connectivity index (χ1v) is 14.4. The Morgan fingerprint density at radius 1 is 1.16 bits per heavy atom. The summed E-state index contributed by atoms with van der Waals surface area (Å²) in [7, 11) is 1.34. The van der Waals surface area contributed by atoms with Crippen LogP contribution in [0.25, 0.3) is 0 Å². The number of carbonyl (C=O) groups excluding carboxylic acids is 3. The van der Waals surface area contributed by atoms with E-state index in [1.54, 1.807) is 6.92 Å². The molecule has 43 heavy (non-hydrogen) atoms. The summed E-state index contributed by atoms with van der Waals surface area (Å²) in [6.07, 6.45) is -4.64. The van der Waals surface area contributed by atoms with E-state index in [0.717, 1.165) is 0 Å². The first-order chi connectivity index (χ1) is 20.3. The number of benzene rings is 2. The topological polar surface area (TPSA) is 184 Å². The molecule has 13 heteroatoms. The van der Waals surface area contributed by atoms with Crippen LogP contribution in [-0.2, 0) is 20.7 Å². The number of aliphatic hydroxyl groups excluding tert-OH is 1. The summed E-state index contributed by atoms with van der Waals surface area (Å²) in [6.45, 7) is 5.26. The molecule has 1 saturated heterocycles. The lowest BCUT2D eigenvalue weighted by Gasteiger charge is -2.43. The third-order valence-corrected chi connectivity index (χ3v) is 8.67. The smallest absolute Gasteiger partial charge is 0.202 e. The minimum absolute atomic E-state index is 0.0193. The van der Waals surface area contributed by atoms with Crippen LogP contribution in [-0.4, -0.2) is 86.7 Å². The molecule has 2 aliphatic carbocycles. The lowest BCUT2D eigenvalue weighted by Crippen LogP contribution is -2.57. The highest BCUT2D eigenvalue weighted by Crippen LogP contribution is 2.52. The van der Waals surface area contributed by atoms with E-state index >= 15 is 0 Å². The predicted molar refractivity (Wildman–Crippen MR) is 156 cm³/mol. The Kier molecular flexibility index (Phi) is 8.22. The maximum atomic E-state index is 13.8. The van der Waals surface area contributed by atoms with Gasteiger partial charge in [-0.25, -0.2) is 0 Å². The number of aliphatic hydroxyl groups is 2. The summed E-state index contributed by atoms with van der Waals surface area (Å²) < 4.78 is 17.5. The number of fused-ring (bicyclic) bond motifs is 3. The standard InChI is InChI=1S/C30H34N2O10S/c1-5-31-29(43)32-16-9-19(41-12(2)24(16)34)42-18-11-30(39,13(3)33)10-15-21(18)28(38)23-22(26(15)36)25(35)14-7-6-8-17(40-4)20(14)27(23)37/h6-8,12,16,18-19,24,34,36,38-39H,5,9-11H2,1-4H3,(H2,31,32,43)/t12-,16-,18-,19-,24+,30-/m0/s1. The van der Waals surface area contributed by atoms with E-state index in [-0.39, 0.29) is 40.8 Å². The maximum Gasteiger partial charge on any atom is 0.202 e. The summed E-state index contributed by atoms with van der Waals surface area (Å²) in [6, 6.07) is 3.85. The quantitative estimate of drug-likeness (QED) is 0.174. The molecule has 5 rings (SSSR count). The van der Waals surface area contributed by atoms with Gasteiger partial charge in [0.15, 0.2) is 23.0 Å². The van der Waals surface area contributed by atoms with E-state index in [9.17, 15) is 34.8 Å². The second-order valence-electron chi connectivity index (χ2n) is 11.1. The van der Waals surface area contributed by atoms with Crippen LogP contribution in [0.3, 0.4) is 0 Å². The Labute approximate surface area is 253 Å². The Morgan fingerprint density at radius 2 is 1.86 bits per heavy atom. The van der Waals surface area contributed by atoms with Crippen LogP contribution in [0, 0.1) is 0 Å². The monoisotopic (exact) mass is 614 g/mol. The molecule has 0 unspecified atom stereocenters. The van der Waals surface area contributed by atoms with E-state index in [4.69, 9.17) is 26.4 Å². The number of aromatic hydroxyl groups is 2. The van der Waals surface area contributed by atoms with Gasteiger partial charge in [-0.15, -0.1) is 0 Å². The van der Waals surface area contributed by atoms with Crippen molar-refractivity contribution >= 4 is 34.7 Å². The molecule has 0 amide bonds. The average molecular weight is 615 g/mol. The highest BCUT2D eigenvalue weighted by atomic mass is 32.1. The SMILES string of the molecule is CCNC(=S)N[C@H]1C[C@H](O[C@H]2C[C@](O)(C(C)=O)Cc3c(O)c4c(c(O)c32)C(=O)c2c(OC)cccc2C4=O)O[C@@H](C)[C@H]1O. The summed E-state index contributed by atoms with van der Waals surface area (Å²) in [5, 5.41) is 51.5. The number of Topliss-reactive ketones (excluding diaryl/α,β-unsaturated/α-hetero) is 1. The largest absolute Gasteiger partial charge is 0.507 e. The van der Waals surface area contributed by atoms with Crippen LogP contribution in [0.1, 0.15) is 82.7 Å². The summed E-state index contributed by atoms with van der Waals surface area (Å²) in [5.74, 6) is -3.21. The van der Waals surface area contributed by atoms with Gasteiger partial charge >= 0.3 is 0 Å². The van der Waals surface area contributed by atoms with Gasteiger partial charge in [0.2, 0.25) is 5.78 Å². The van der Waals surface area contributed by atoms with Crippen LogP contribution >= 0.6 is 12.2 Å². The molecule has 12 nitrogen and oxygen atoms in total. The highest BCUT2D eigenvalue weighted by Gasteiger charge is 2.49. The Hall–Kier alpha value is -3.62. The van der Waals surface area contributed by atoms with Gasteiger partial charge in [0, 0.05) is 42.5 Å². The van der Waals surface area contributed by atoms with Crippen molar-refractivity contribution in [1.82, 2.24) is 10.6 Å². The molecule has 6 atom stereocenters. The molecule has 2 aromatic rings. The number of thiocarbonyl (C=S) groups is 1. The number of methoxy groups -OCH3 is 1. The lowest BCUT2D eigenvalue weighted by atomic mass is 9.72. The Balaban J connectivity index is 1.60. The zero-order valence-corrected chi connectivity index (χ0v) is 24.9. The van der Waals surface area contributed by atoms with Crippen LogP contribution in [0.15, 0.2) is 18.2 Å². The molecule has 0 aromatic heterocycles. The molecule has 0 radical (unpaired) electrons. The number of hydrogen-bond donors (Lipinski definition) is 6. The molecular formula is C30H34N2O10S. The zero-order valence-electron chi connectivity index (χ0n) is 24.1. The van der Waals surface area contributed by atoms with Gasteiger partial charge in [-0.3, -0.25) is 14.4 Å². The van der Waals surface area contributed by atoms with Crippen molar-refractivity contribution in [2.75, 3.05) is 13.7 Å². The number of carbonyl (C=O) groups is 3. The zero-order chi connectivity index (χ0) is 31.4. The van der Waals surface area contributed by atoms with E-state index < -0.39 is 82.6 Å². The van der Waals surface area contributed by atoms with Gasteiger partial charge in [-0.05, 0) is 39.1 Å². The first-order valence-electron chi connectivity index (χ1n) is 14.0. The fraction of sp³-hybridized carbons (Fsp3) is 0.467. The number of phenolic OH excluding ortho intramolecular Hbond substituents is 2. The molecule has 6 N–H and O–H groups in total. The summed E-state index contributed by atoms with van der Waals surface area (Å²) in [4.78, 5) is 40.0.